The lowest BCUT2D eigenvalue weighted by Gasteiger charge is -2.38. The summed E-state index contributed by atoms with van der Waals surface area (Å²) >= 11 is 6.38. The smallest absolute Gasteiger partial charge is 0.402 e. The first-order valence-corrected chi connectivity index (χ1v) is 12.8. The van der Waals surface area contributed by atoms with E-state index in [1.807, 2.05) is 6.07 Å². The maximum Gasteiger partial charge on any atom is 0.402 e. The van der Waals surface area contributed by atoms with E-state index >= 15 is 0 Å². The lowest BCUT2D eigenvalue weighted by molar-refractivity contribution is -0.164. The molecule has 0 aromatic heterocycles. The number of esters is 2. The van der Waals surface area contributed by atoms with Crippen molar-refractivity contribution < 1.29 is 40.8 Å². The Bertz CT molecular complexity index is 1100. The summed E-state index contributed by atoms with van der Waals surface area (Å²) in [5.41, 5.74) is -2.28. The number of thiocarbonyl (C=S) groups is 1. The second-order valence-corrected chi connectivity index (χ2v) is 12.8. The molecule has 194 valence electrons. The highest BCUT2D eigenvalue weighted by Crippen LogP contribution is 2.46. The minimum absolute atomic E-state index is 0.238. The third kappa shape index (κ3) is 8.20. The molecule has 2 atom stereocenters. The van der Waals surface area contributed by atoms with Crippen LogP contribution in [0.5, 0.6) is 0 Å². The van der Waals surface area contributed by atoms with E-state index in [0.717, 1.165) is 18.9 Å². The highest BCUT2D eigenvalue weighted by atomic mass is 32.2. The number of hydrogen-bond acceptors (Lipinski definition) is 9. The molecule has 0 aliphatic heterocycles. The first kappa shape index (κ1) is 30.9. The fourth-order valence-electron chi connectivity index (χ4n) is 3.57. The van der Waals surface area contributed by atoms with Crippen LogP contribution in [0.15, 0.2) is 30.3 Å². The molecular weight excluding hydrogens is 524 g/mol. The Kier molecular flexibility index (Phi) is 9.96. The third-order valence-corrected chi connectivity index (χ3v) is 7.59. The van der Waals surface area contributed by atoms with Crippen molar-refractivity contribution in [2.75, 3.05) is 13.7 Å². The number of thioether (sulfide) groups is 1. The molecule has 2 unspecified atom stereocenters. The Balaban J connectivity index is 3.40. The number of rotatable bonds is 11. The predicted molar refractivity (Wildman–Crippen MR) is 130 cm³/mol. The highest BCUT2D eigenvalue weighted by molar-refractivity contribution is 8.25. The summed E-state index contributed by atoms with van der Waals surface area (Å²) in [5.74, 6) is -2.05. The summed E-state index contributed by atoms with van der Waals surface area (Å²) in [5, 5.41) is 4.75. The molecule has 1 rings (SSSR count). The molecule has 0 saturated carbocycles. The van der Waals surface area contributed by atoms with Gasteiger partial charge in [0.05, 0.1) is 28.2 Å². The Morgan fingerprint density at radius 1 is 1.11 bits per heavy atom. The molecule has 0 fully saturated rings. The van der Waals surface area contributed by atoms with Crippen molar-refractivity contribution in [2.45, 2.75) is 50.5 Å². The van der Waals surface area contributed by atoms with E-state index in [0.29, 0.717) is 9.76 Å². The van der Waals surface area contributed by atoms with Crippen LogP contribution in [-0.4, -0.2) is 52.8 Å². The van der Waals surface area contributed by atoms with Crippen LogP contribution < -0.4 is 0 Å². The molecule has 13 heteroatoms. The van der Waals surface area contributed by atoms with E-state index in [-0.39, 0.29) is 12.8 Å². The number of ether oxygens (including phenoxy) is 2. The van der Waals surface area contributed by atoms with Crippen LogP contribution in [0.25, 0.3) is 0 Å². The second-order valence-electron chi connectivity index (χ2n) is 9.08. The molecule has 8 nitrogen and oxygen atoms in total. The van der Waals surface area contributed by atoms with Gasteiger partial charge < -0.3 is 9.47 Å². The molecule has 0 aliphatic carbocycles. The van der Waals surface area contributed by atoms with Gasteiger partial charge in [0.2, 0.25) is 0 Å². The second kappa shape index (κ2) is 11.3. The van der Waals surface area contributed by atoms with Crippen LogP contribution in [0.3, 0.4) is 0 Å². The van der Waals surface area contributed by atoms with E-state index in [1.165, 1.54) is 27.7 Å². The van der Waals surface area contributed by atoms with E-state index in [4.69, 9.17) is 21.5 Å². The minimum atomic E-state index is -5.84. The number of hydrogen-bond donors (Lipinski definition) is 1. The molecular formula is C22H27F2NO7S3. The van der Waals surface area contributed by atoms with Crippen LogP contribution in [0.2, 0.25) is 0 Å². The number of nitriles is 1. The molecule has 0 bridgehead atoms. The standard InChI is InChI=1S/C22H27F2NO7S3/c1-19(2,13-25)11-20(3,17(26)32-14-22(23,24)35(28,29)30)12-21(4,18(27)31-5)34-16(33)15-9-7-6-8-10-15/h6-10H,11-12,14H2,1-5H3,(H,28,29,30). The average Bonchev–Trinajstić information content (AvgIpc) is 2.76. The molecule has 1 N–H and O–H groups in total. The molecule has 0 amide bonds. The summed E-state index contributed by atoms with van der Waals surface area (Å²) in [6, 6.07) is 10.7. The monoisotopic (exact) mass is 551 g/mol. The lowest BCUT2D eigenvalue weighted by atomic mass is 9.70. The Morgan fingerprint density at radius 3 is 2.11 bits per heavy atom. The zero-order valence-corrected chi connectivity index (χ0v) is 22.3. The van der Waals surface area contributed by atoms with Crippen molar-refractivity contribution in [3.63, 3.8) is 0 Å². The van der Waals surface area contributed by atoms with E-state index in [2.05, 4.69) is 4.74 Å². The molecule has 0 heterocycles. The Morgan fingerprint density at radius 2 is 1.66 bits per heavy atom. The van der Waals surface area contributed by atoms with Crippen molar-refractivity contribution in [3.8, 4) is 6.07 Å². The maximum absolute atomic E-state index is 13.7. The van der Waals surface area contributed by atoms with Gasteiger partial charge in [-0.05, 0) is 46.1 Å². The number of halogens is 2. The van der Waals surface area contributed by atoms with Gasteiger partial charge in [-0.2, -0.15) is 22.5 Å². The van der Waals surface area contributed by atoms with Gasteiger partial charge in [0, 0.05) is 0 Å². The van der Waals surface area contributed by atoms with Gasteiger partial charge >= 0.3 is 27.3 Å². The van der Waals surface area contributed by atoms with Gasteiger partial charge in [0.1, 0.15) is 4.75 Å². The van der Waals surface area contributed by atoms with Crippen molar-refractivity contribution in [2.24, 2.45) is 10.8 Å². The Hall–Kier alpha value is -2.14. The van der Waals surface area contributed by atoms with Gasteiger partial charge in [0.25, 0.3) is 0 Å². The number of benzene rings is 1. The van der Waals surface area contributed by atoms with E-state index in [9.17, 15) is 32.0 Å². The fraction of sp³-hybridized carbons (Fsp3) is 0.545. The van der Waals surface area contributed by atoms with Crippen LogP contribution >= 0.6 is 24.0 Å². The largest absolute Gasteiger partial charge is 0.468 e. The van der Waals surface area contributed by atoms with E-state index in [1.54, 1.807) is 30.3 Å². The van der Waals surface area contributed by atoms with Crippen LogP contribution in [0.4, 0.5) is 8.78 Å². The molecule has 35 heavy (non-hydrogen) atoms. The molecule has 0 saturated heterocycles. The predicted octanol–water partition coefficient (Wildman–Crippen LogP) is 4.39. The number of methoxy groups -OCH3 is 1. The molecule has 0 radical (unpaired) electrons. The minimum Gasteiger partial charge on any atom is -0.468 e. The zero-order valence-electron chi connectivity index (χ0n) is 19.8. The Labute approximate surface area is 213 Å². The highest BCUT2D eigenvalue weighted by Gasteiger charge is 2.52. The first-order chi connectivity index (χ1) is 15.8. The normalized spacial score (nSPS) is 15.7. The van der Waals surface area contributed by atoms with Crippen LogP contribution in [0.1, 0.15) is 46.1 Å². The quantitative estimate of drug-likeness (QED) is 0.240. The van der Waals surface area contributed by atoms with Crippen molar-refractivity contribution in [1.82, 2.24) is 0 Å². The third-order valence-electron chi connectivity index (χ3n) is 5.05. The van der Waals surface area contributed by atoms with E-state index < -0.39 is 49.5 Å². The van der Waals surface area contributed by atoms with Crippen LogP contribution in [-0.2, 0) is 29.2 Å². The number of carbonyl (C=O) groups excluding carboxylic acids is 2. The van der Waals surface area contributed by atoms with Crippen molar-refractivity contribution in [1.29, 1.82) is 5.26 Å². The van der Waals surface area contributed by atoms with Crippen molar-refractivity contribution >= 4 is 50.2 Å². The number of nitrogens with zero attached hydrogens (tertiary/aromatic N) is 1. The summed E-state index contributed by atoms with van der Waals surface area (Å²) in [6.07, 6.45) is -0.594. The zero-order chi connectivity index (χ0) is 27.3. The lowest BCUT2D eigenvalue weighted by Crippen LogP contribution is -2.46. The molecule has 0 aliphatic rings. The molecule has 0 spiro atoms. The number of alkyl halides is 2. The maximum atomic E-state index is 13.7. The number of carbonyl (C=O) groups is 2. The van der Waals surface area contributed by atoms with Gasteiger partial charge in [-0.3, -0.25) is 14.1 Å². The fourth-order valence-corrected chi connectivity index (χ4v) is 5.68. The molecule has 1 aromatic rings. The van der Waals surface area contributed by atoms with Gasteiger partial charge in [0.15, 0.2) is 6.61 Å². The topological polar surface area (TPSA) is 131 Å². The SMILES string of the molecule is COC(=O)C(C)(CC(C)(CC(C)(C)C#N)C(=O)OCC(F)(F)S(=O)(=O)O)SC(=S)c1ccccc1. The van der Waals surface area contributed by atoms with Crippen LogP contribution in [0, 0.1) is 22.2 Å². The molecule has 1 aromatic carbocycles. The summed E-state index contributed by atoms with van der Waals surface area (Å²) in [4.78, 5) is 25.9. The average molecular weight is 552 g/mol. The summed E-state index contributed by atoms with van der Waals surface area (Å²) in [7, 11) is -4.71. The summed E-state index contributed by atoms with van der Waals surface area (Å²) < 4.78 is 66.2. The van der Waals surface area contributed by atoms with Gasteiger partial charge in [-0.15, -0.1) is 0 Å². The summed E-state index contributed by atoms with van der Waals surface area (Å²) in [6.45, 7) is 3.83. The van der Waals surface area contributed by atoms with Gasteiger partial charge in [-0.1, -0.05) is 54.3 Å². The van der Waals surface area contributed by atoms with Crippen molar-refractivity contribution in [3.05, 3.63) is 35.9 Å². The van der Waals surface area contributed by atoms with Gasteiger partial charge in [-0.25, -0.2) is 0 Å². The first-order valence-electron chi connectivity index (χ1n) is 10.1.